The zero-order chi connectivity index (χ0) is 9.03. The molecule has 1 aliphatic rings. The minimum atomic E-state index is -3.50. The molecule has 1 fully saturated rings. The molecule has 0 aromatic rings. The van der Waals surface area contributed by atoms with Crippen LogP contribution in [-0.4, -0.2) is 15.0 Å². The molecule has 0 aromatic heterocycles. The Kier molecular flexibility index (Phi) is 3.80. The molecule has 0 aromatic carbocycles. The van der Waals surface area contributed by atoms with E-state index in [9.17, 15) is 8.42 Å². The van der Waals surface area contributed by atoms with E-state index in [1.807, 2.05) is 0 Å². The molecule has 0 bridgehead atoms. The molecule has 0 atom stereocenters. The Balaban J connectivity index is 2.22. The largest absolute Gasteiger partial charge is 0.297 e. The lowest BCUT2D eigenvalue weighted by Gasteiger charge is -2.20. The van der Waals surface area contributed by atoms with Crippen molar-refractivity contribution in [3.8, 4) is 0 Å². The van der Waals surface area contributed by atoms with Crippen LogP contribution in [0.4, 0.5) is 0 Å². The van der Waals surface area contributed by atoms with Gasteiger partial charge in [-0.2, -0.15) is 8.42 Å². The van der Waals surface area contributed by atoms with Gasteiger partial charge in [-0.15, -0.1) is 0 Å². The minimum Gasteiger partial charge on any atom is -0.202 e. The van der Waals surface area contributed by atoms with E-state index in [0.29, 0.717) is 12.5 Å². The highest BCUT2D eigenvalue weighted by atomic mass is 35.7. The third-order valence-corrected chi connectivity index (χ3v) is 3.11. The van der Waals surface area contributed by atoms with E-state index in [-0.39, 0.29) is 0 Å². The highest BCUT2D eigenvalue weighted by Gasteiger charge is 2.15. The fourth-order valence-electron chi connectivity index (χ4n) is 1.61. The van der Waals surface area contributed by atoms with Crippen LogP contribution in [0.3, 0.4) is 0 Å². The predicted octanol–water partition coefficient (Wildman–Crippen LogP) is 1.64. The zero-order valence-corrected chi connectivity index (χ0v) is 8.50. The van der Waals surface area contributed by atoms with Crippen molar-refractivity contribution in [2.45, 2.75) is 32.1 Å². The lowest BCUT2D eigenvalue weighted by Crippen LogP contribution is -2.26. The molecule has 0 amide bonds. The van der Waals surface area contributed by atoms with E-state index < -0.39 is 9.24 Å². The first-order valence-corrected chi connectivity index (χ1v) is 6.58. The van der Waals surface area contributed by atoms with Gasteiger partial charge in [0.1, 0.15) is 0 Å². The second-order valence-electron chi connectivity index (χ2n) is 3.29. The van der Waals surface area contributed by atoms with Gasteiger partial charge in [-0.3, -0.25) is 0 Å². The summed E-state index contributed by atoms with van der Waals surface area (Å²) in [7, 11) is 1.51. The first-order chi connectivity index (χ1) is 5.58. The van der Waals surface area contributed by atoms with Crippen LogP contribution in [0, 0.1) is 5.92 Å². The maximum Gasteiger partial charge on any atom is 0.297 e. The van der Waals surface area contributed by atoms with Gasteiger partial charge >= 0.3 is 0 Å². The second kappa shape index (κ2) is 4.44. The number of hydrogen-bond acceptors (Lipinski definition) is 2. The van der Waals surface area contributed by atoms with Crippen molar-refractivity contribution in [1.29, 1.82) is 0 Å². The molecule has 0 saturated heterocycles. The summed E-state index contributed by atoms with van der Waals surface area (Å²) in [5.74, 6) is 0.493. The smallest absolute Gasteiger partial charge is 0.202 e. The molecule has 1 saturated carbocycles. The quantitative estimate of drug-likeness (QED) is 0.722. The van der Waals surface area contributed by atoms with Crippen LogP contribution < -0.4 is 4.72 Å². The van der Waals surface area contributed by atoms with Crippen molar-refractivity contribution in [3.05, 3.63) is 0 Å². The van der Waals surface area contributed by atoms with E-state index in [4.69, 9.17) is 10.7 Å². The monoisotopic (exact) mass is 211 g/mol. The maximum atomic E-state index is 10.5. The van der Waals surface area contributed by atoms with Gasteiger partial charge in [-0.05, 0) is 18.8 Å². The van der Waals surface area contributed by atoms with Crippen molar-refractivity contribution in [2.24, 2.45) is 5.92 Å². The summed E-state index contributed by atoms with van der Waals surface area (Å²) >= 11 is 0. The van der Waals surface area contributed by atoms with Gasteiger partial charge < -0.3 is 0 Å². The average Bonchev–Trinajstić information content (AvgIpc) is 2.02. The summed E-state index contributed by atoms with van der Waals surface area (Å²) in [6.07, 6.45) is 5.96. The Bertz CT molecular complexity index is 222. The van der Waals surface area contributed by atoms with Gasteiger partial charge in [0.05, 0.1) is 0 Å². The van der Waals surface area contributed by atoms with Crippen molar-refractivity contribution in [1.82, 2.24) is 4.72 Å². The highest BCUT2D eigenvalue weighted by molar-refractivity contribution is 8.12. The van der Waals surface area contributed by atoms with Crippen molar-refractivity contribution >= 4 is 19.9 Å². The Morgan fingerprint density at radius 2 is 1.83 bits per heavy atom. The number of halogens is 1. The average molecular weight is 212 g/mol. The Hall–Kier alpha value is 0.200. The lowest BCUT2D eigenvalue weighted by atomic mass is 9.90. The fraction of sp³-hybridized carbons (Fsp3) is 1.00. The van der Waals surface area contributed by atoms with Crippen LogP contribution in [0.25, 0.3) is 0 Å². The van der Waals surface area contributed by atoms with Gasteiger partial charge in [0.25, 0.3) is 9.24 Å². The molecular weight excluding hydrogens is 198 g/mol. The number of hydrogen-bond donors (Lipinski definition) is 1. The zero-order valence-electron chi connectivity index (χ0n) is 6.92. The Morgan fingerprint density at radius 1 is 1.25 bits per heavy atom. The van der Waals surface area contributed by atoms with E-state index >= 15 is 0 Å². The van der Waals surface area contributed by atoms with E-state index in [1.165, 1.54) is 19.3 Å². The first kappa shape index (κ1) is 10.3. The molecule has 1 aliphatic carbocycles. The molecule has 0 unspecified atom stereocenters. The third-order valence-electron chi connectivity index (χ3n) is 2.27. The predicted molar refractivity (Wildman–Crippen MR) is 49.4 cm³/mol. The molecule has 3 nitrogen and oxygen atoms in total. The molecule has 0 heterocycles. The van der Waals surface area contributed by atoms with E-state index in [2.05, 4.69) is 4.72 Å². The second-order valence-corrected chi connectivity index (χ2v) is 5.67. The summed E-state index contributed by atoms with van der Waals surface area (Å²) in [5, 5.41) is 0. The lowest BCUT2D eigenvalue weighted by molar-refractivity contribution is 0.358. The molecular formula is C7H14ClNO2S. The highest BCUT2D eigenvalue weighted by Crippen LogP contribution is 2.22. The molecule has 1 rings (SSSR count). The van der Waals surface area contributed by atoms with Crippen molar-refractivity contribution < 1.29 is 8.42 Å². The topological polar surface area (TPSA) is 46.2 Å². The van der Waals surface area contributed by atoms with Gasteiger partial charge in [0.2, 0.25) is 0 Å². The van der Waals surface area contributed by atoms with Crippen LogP contribution in [0.2, 0.25) is 0 Å². The van der Waals surface area contributed by atoms with Crippen LogP contribution in [0.5, 0.6) is 0 Å². The molecule has 5 heteroatoms. The summed E-state index contributed by atoms with van der Waals surface area (Å²) in [5.41, 5.74) is 0. The molecule has 0 radical (unpaired) electrons. The Morgan fingerprint density at radius 3 is 2.33 bits per heavy atom. The molecule has 72 valence electrons. The normalized spacial score (nSPS) is 21.1. The maximum absolute atomic E-state index is 10.5. The van der Waals surface area contributed by atoms with Crippen molar-refractivity contribution in [3.63, 3.8) is 0 Å². The molecule has 0 spiro atoms. The molecule has 12 heavy (non-hydrogen) atoms. The van der Waals surface area contributed by atoms with Crippen LogP contribution in [-0.2, 0) is 9.24 Å². The van der Waals surface area contributed by atoms with Crippen LogP contribution in [0.15, 0.2) is 0 Å². The summed E-state index contributed by atoms with van der Waals surface area (Å²) in [6.45, 7) is 0.506. The summed E-state index contributed by atoms with van der Waals surface area (Å²) in [6, 6.07) is 0. The number of rotatable bonds is 3. The van der Waals surface area contributed by atoms with Crippen LogP contribution in [0.1, 0.15) is 32.1 Å². The minimum absolute atomic E-state index is 0.493. The Labute approximate surface area is 78.0 Å². The van der Waals surface area contributed by atoms with Gasteiger partial charge in [0, 0.05) is 17.2 Å². The van der Waals surface area contributed by atoms with Gasteiger partial charge in [0.15, 0.2) is 0 Å². The number of nitrogens with one attached hydrogen (secondary N) is 1. The van der Waals surface area contributed by atoms with E-state index in [0.717, 1.165) is 12.8 Å². The van der Waals surface area contributed by atoms with Crippen molar-refractivity contribution in [2.75, 3.05) is 6.54 Å². The van der Waals surface area contributed by atoms with Gasteiger partial charge in [-0.25, -0.2) is 4.72 Å². The fourth-order valence-corrected chi connectivity index (χ4v) is 2.23. The SMILES string of the molecule is O=S(=O)(Cl)NCC1CCCCC1. The third kappa shape index (κ3) is 4.28. The molecule has 1 N–H and O–H groups in total. The first-order valence-electron chi connectivity index (χ1n) is 4.27. The standard InChI is InChI=1S/C7H14ClNO2S/c8-12(10,11)9-6-7-4-2-1-3-5-7/h7,9H,1-6H2. The summed E-state index contributed by atoms with van der Waals surface area (Å²) < 4.78 is 23.4. The van der Waals surface area contributed by atoms with E-state index in [1.54, 1.807) is 0 Å². The molecule has 0 aliphatic heterocycles. The summed E-state index contributed by atoms with van der Waals surface area (Å²) in [4.78, 5) is 0. The van der Waals surface area contributed by atoms with Gasteiger partial charge in [-0.1, -0.05) is 19.3 Å². The van der Waals surface area contributed by atoms with Crippen LogP contribution >= 0.6 is 10.7 Å².